The second-order valence-electron chi connectivity index (χ2n) is 3.76. The third-order valence-corrected chi connectivity index (χ3v) is 3.63. The lowest BCUT2D eigenvalue weighted by molar-refractivity contribution is -0.135. The molecule has 0 aromatic heterocycles. The van der Waals surface area contributed by atoms with E-state index in [2.05, 4.69) is 13.8 Å². The molecule has 0 bridgehead atoms. The normalized spacial score (nSPS) is 22.4. The van der Waals surface area contributed by atoms with Crippen LogP contribution >= 0.6 is 11.8 Å². The summed E-state index contributed by atoms with van der Waals surface area (Å²) in [5, 5.41) is 0. The maximum absolute atomic E-state index is 11.5. The molecule has 0 spiro atoms. The molecule has 1 fully saturated rings. The van der Waals surface area contributed by atoms with E-state index in [1.165, 1.54) is 0 Å². The SMILES string of the molecule is CCC(=O)N1CCSCC1(C)C. The van der Waals surface area contributed by atoms with Gasteiger partial charge in [0.25, 0.3) is 0 Å². The zero-order chi connectivity index (χ0) is 9.19. The van der Waals surface area contributed by atoms with Crippen molar-refractivity contribution < 1.29 is 4.79 Å². The molecule has 0 aliphatic carbocycles. The summed E-state index contributed by atoms with van der Waals surface area (Å²) in [5.41, 5.74) is 0.0655. The van der Waals surface area contributed by atoms with Gasteiger partial charge < -0.3 is 4.90 Å². The average molecular weight is 187 g/mol. The first kappa shape index (κ1) is 9.90. The lowest BCUT2D eigenvalue weighted by Crippen LogP contribution is -2.52. The molecular weight excluding hydrogens is 170 g/mol. The molecule has 0 N–H and O–H groups in total. The maximum Gasteiger partial charge on any atom is 0.222 e. The number of hydrogen-bond donors (Lipinski definition) is 0. The molecule has 0 saturated carbocycles. The van der Waals surface area contributed by atoms with E-state index in [1.807, 2.05) is 23.6 Å². The largest absolute Gasteiger partial charge is 0.336 e. The smallest absolute Gasteiger partial charge is 0.222 e. The van der Waals surface area contributed by atoms with Crippen LogP contribution in [-0.4, -0.2) is 34.4 Å². The molecular formula is C9H17NOS. The van der Waals surface area contributed by atoms with Crippen molar-refractivity contribution in [2.75, 3.05) is 18.1 Å². The van der Waals surface area contributed by atoms with Crippen molar-refractivity contribution in [3.05, 3.63) is 0 Å². The molecule has 1 aliphatic rings. The highest BCUT2D eigenvalue weighted by Gasteiger charge is 2.32. The predicted molar refractivity (Wildman–Crippen MR) is 53.4 cm³/mol. The number of carbonyl (C=O) groups excluding carboxylic acids is 1. The Labute approximate surface area is 78.7 Å². The minimum Gasteiger partial charge on any atom is -0.336 e. The van der Waals surface area contributed by atoms with Gasteiger partial charge in [-0.3, -0.25) is 4.79 Å². The Hall–Kier alpha value is -0.180. The third-order valence-electron chi connectivity index (χ3n) is 2.25. The molecule has 1 rings (SSSR count). The number of amides is 1. The van der Waals surface area contributed by atoms with Gasteiger partial charge in [-0.05, 0) is 13.8 Å². The van der Waals surface area contributed by atoms with Crippen LogP contribution in [0.4, 0.5) is 0 Å². The van der Waals surface area contributed by atoms with Gasteiger partial charge in [-0.25, -0.2) is 0 Å². The first-order chi connectivity index (χ1) is 5.58. The molecule has 1 saturated heterocycles. The van der Waals surface area contributed by atoms with E-state index in [9.17, 15) is 4.79 Å². The molecule has 0 aromatic rings. The van der Waals surface area contributed by atoms with E-state index in [0.29, 0.717) is 12.3 Å². The topological polar surface area (TPSA) is 20.3 Å². The minimum absolute atomic E-state index is 0.0655. The summed E-state index contributed by atoms with van der Waals surface area (Å²) in [7, 11) is 0. The molecule has 70 valence electrons. The summed E-state index contributed by atoms with van der Waals surface area (Å²) in [6.07, 6.45) is 0.633. The van der Waals surface area contributed by atoms with E-state index in [0.717, 1.165) is 18.1 Å². The molecule has 2 nitrogen and oxygen atoms in total. The lowest BCUT2D eigenvalue weighted by atomic mass is 10.1. The molecule has 0 radical (unpaired) electrons. The number of carbonyl (C=O) groups is 1. The van der Waals surface area contributed by atoms with Crippen LogP contribution in [0.1, 0.15) is 27.2 Å². The van der Waals surface area contributed by atoms with Crippen LogP contribution in [0.3, 0.4) is 0 Å². The fourth-order valence-corrected chi connectivity index (χ4v) is 2.62. The van der Waals surface area contributed by atoms with Gasteiger partial charge in [0, 0.05) is 30.0 Å². The second kappa shape index (κ2) is 3.69. The van der Waals surface area contributed by atoms with Crippen molar-refractivity contribution in [2.24, 2.45) is 0 Å². The van der Waals surface area contributed by atoms with Crippen LogP contribution in [0.2, 0.25) is 0 Å². The maximum atomic E-state index is 11.5. The molecule has 1 heterocycles. The quantitative estimate of drug-likeness (QED) is 0.623. The standard InChI is InChI=1S/C9H17NOS/c1-4-8(11)10-5-6-12-7-9(10,2)3/h4-7H2,1-3H3. The van der Waals surface area contributed by atoms with Gasteiger partial charge in [-0.1, -0.05) is 6.92 Å². The molecule has 12 heavy (non-hydrogen) atoms. The number of hydrogen-bond acceptors (Lipinski definition) is 2. The van der Waals surface area contributed by atoms with Crippen molar-refractivity contribution in [1.82, 2.24) is 4.90 Å². The number of thioether (sulfide) groups is 1. The monoisotopic (exact) mass is 187 g/mol. The Morgan fingerprint density at radius 3 is 2.75 bits per heavy atom. The summed E-state index contributed by atoms with van der Waals surface area (Å²) in [6.45, 7) is 7.14. The highest BCUT2D eigenvalue weighted by atomic mass is 32.2. The van der Waals surface area contributed by atoms with Crippen LogP contribution < -0.4 is 0 Å². The first-order valence-corrected chi connectivity index (χ1v) is 5.61. The van der Waals surface area contributed by atoms with Gasteiger partial charge >= 0.3 is 0 Å². The first-order valence-electron chi connectivity index (χ1n) is 4.46. The van der Waals surface area contributed by atoms with Crippen LogP contribution in [0.5, 0.6) is 0 Å². The molecule has 0 atom stereocenters. The van der Waals surface area contributed by atoms with Crippen molar-refractivity contribution in [3.63, 3.8) is 0 Å². The molecule has 0 aromatic carbocycles. The second-order valence-corrected chi connectivity index (χ2v) is 4.87. The van der Waals surface area contributed by atoms with Gasteiger partial charge in [0.15, 0.2) is 0 Å². The fourth-order valence-electron chi connectivity index (χ4n) is 1.51. The Balaban J connectivity index is 2.66. The van der Waals surface area contributed by atoms with Crippen LogP contribution in [0.15, 0.2) is 0 Å². The van der Waals surface area contributed by atoms with Crippen molar-refractivity contribution in [3.8, 4) is 0 Å². The zero-order valence-corrected chi connectivity index (χ0v) is 8.91. The van der Waals surface area contributed by atoms with Gasteiger partial charge in [0.2, 0.25) is 5.91 Å². The summed E-state index contributed by atoms with van der Waals surface area (Å²) in [6, 6.07) is 0. The summed E-state index contributed by atoms with van der Waals surface area (Å²) in [4.78, 5) is 13.5. The lowest BCUT2D eigenvalue weighted by Gasteiger charge is -2.42. The summed E-state index contributed by atoms with van der Waals surface area (Å²) < 4.78 is 0. The van der Waals surface area contributed by atoms with E-state index in [1.54, 1.807) is 0 Å². The van der Waals surface area contributed by atoms with Gasteiger partial charge in [-0.15, -0.1) is 0 Å². The highest BCUT2D eigenvalue weighted by molar-refractivity contribution is 7.99. The predicted octanol–water partition coefficient (Wildman–Crippen LogP) is 1.75. The van der Waals surface area contributed by atoms with Gasteiger partial charge in [-0.2, -0.15) is 11.8 Å². The van der Waals surface area contributed by atoms with E-state index >= 15 is 0 Å². The van der Waals surface area contributed by atoms with Crippen LogP contribution in [-0.2, 0) is 4.79 Å². The summed E-state index contributed by atoms with van der Waals surface area (Å²) in [5.74, 6) is 2.45. The average Bonchev–Trinajstić information content (AvgIpc) is 2.02. The minimum atomic E-state index is 0.0655. The van der Waals surface area contributed by atoms with Crippen LogP contribution in [0, 0.1) is 0 Å². The Morgan fingerprint density at radius 2 is 2.25 bits per heavy atom. The zero-order valence-electron chi connectivity index (χ0n) is 8.09. The molecule has 1 amide bonds. The van der Waals surface area contributed by atoms with E-state index < -0.39 is 0 Å². The Bertz CT molecular complexity index is 179. The number of nitrogens with zero attached hydrogens (tertiary/aromatic N) is 1. The summed E-state index contributed by atoms with van der Waals surface area (Å²) >= 11 is 1.94. The van der Waals surface area contributed by atoms with Gasteiger partial charge in [0.05, 0.1) is 0 Å². The van der Waals surface area contributed by atoms with Crippen molar-refractivity contribution in [2.45, 2.75) is 32.7 Å². The third kappa shape index (κ3) is 1.94. The highest BCUT2D eigenvalue weighted by Crippen LogP contribution is 2.26. The van der Waals surface area contributed by atoms with Crippen molar-refractivity contribution in [1.29, 1.82) is 0 Å². The molecule has 3 heteroatoms. The molecule has 1 aliphatic heterocycles. The number of rotatable bonds is 1. The fraction of sp³-hybridized carbons (Fsp3) is 0.889. The Morgan fingerprint density at radius 1 is 1.58 bits per heavy atom. The van der Waals surface area contributed by atoms with E-state index in [4.69, 9.17) is 0 Å². The molecule has 0 unspecified atom stereocenters. The Kier molecular flexibility index (Phi) is 3.04. The van der Waals surface area contributed by atoms with Crippen molar-refractivity contribution >= 4 is 17.7 Å². The van der Waals surface area contributed by atoms with Crippen LogP contribution in [0.25, 0.3) is 0 Å². The van der Waals surface area contributed by atoms with E-state index in [-0.39, 0.29) is 5.54 Å². The van der Waals surface area contributed by atoms with Gasteiger partial charge in [0.1, 0.15) is 0 Å².